The van der Waals surface area contributed by atoms with Gasteiger partial charge in [0.25, 0.3) is 5.16 Å². The molecule has 0 aliphatic heterocycles. The fourth-order valence-electron chi connectivity index (χ4n) is 2.37. The Morgan fingerprint density at radius 1 is 1.21 bits per heavy atom. The molecule has 9 nitrogen and oxygen atoms in total. The van der Waals surface area contributed by atoms with E-state index in [4.69, 9.17) is 11.6 Å². The summed E-state index contributed by atoms with van der Waals surface area (Å²) in [6.07, 6.45) is 2.65. The monoisotopic (exact) mass is 366 g/mol. The van der Waals surface area contributed by atoms with Crippen molar-refractivity contribution in [1.29, 1.82) is 0 Å². The quantitative estimate of drug-likeness (QED) is 0.738. The van der Waals surface area contributed by atoms with Gasteiger partial charge in [-0.3, -0.25) is 4.57 Å². The zero-order valence-corrected chi connectivity index (χ0v) is 13.7. The molecule has 2 heterocycles. The lowest BCUT2D eigenvalue weighted by atomic mass is 10.2. The van der Waals surface area contributed by atoms with E-state index in [1.165, 1.54) is 4.57 Å². The zero-order chi connectivity index (χ0) is 16.9. The van der Waals surface area contributed by atoms with Crippen LogP contribution in [-0.4, -0.2) is 37.4 Å². The lowest BCUT2D eigenvalue weighted by molar-refractivity contribution is 0.566. The van der Waals surface area contributed by atoms with E-state index in [0.717, 1.165) is 19.2 Å². The fraction of sp³-hybridized carbons (Fsp3) is 0.231. The van der Waals surface area contributed by atoms with Crippen molar-refractivity contribution in [2.75, 3.05) is 0 Å². The van der Waals surface area contributed by atoms with E-state index in [1.54, 1.807) is 24.3 Å². The molecule has 0 saturated heterocycles. The van der Waals surface area contributed by atoms with Crippen LogP contribution in [0, 0.1) is 0 Å². The second kappa shape index (κ2) is 5.28. The molecule has 0 unspecified atom stereocenters. The Balaban J connectivity index is 1.93. The molecular formula is C13H11ClN6O3S. The van der Waals surface area contributed by atoms with E-state index >= 15 is 0 Å². The molecule has 0 radical (unpaired) electrons. The second-order valence-corrected chi connectivity index (χ2v) is 7.47. The minimum absolute atomic E-state index is 0.0538. The average molecular weight is 367 g/mol. The highest BCUT2D eigenvalue weighted by Crippen LogP contribution is 2.36. The molecule has 1 N–H and O–H groups in total. The van der Waals surface area contributed by atoms with Crippen LogP contribution < -0.4 is 5.69 Å². The van der Waals surface area contributed by atoms with Gasteiger partial charge in [-0.2, -0.15) is 13.5 Å². The van der Waals surface area contributed by atoms with Gasteiger partial charge in [-0.15, -0.1) is 5.10 Å². The largest absolute Gasteiger partial charge is 0.361 e. The van der Waals surface area contributed by atoms with Crippen LogP contribution in [0.15, 0.2) is 40.5 Å². The third-order valence-corrected chi connectivity index (χ3v) is 5.29. The summed E-state index contributed by atoms with van der Waals surface area (Å²) in [5.41, 5.74) is -0.117. The molecule has 11 heteroatoms. The van der Waals surface area contributed by atoms with Crippen LogP contribution in [-0.2, 0) is 10.0 Å². The first-order chi connectivity index (χ1) is 11.5. The maximum absolute atomic E-state index is 12.6. The molecule has 1 aromatic carbocycles. The Labute approximate surface area is 141 Å². The Bertz CT molecular complexity index is 1050. The van der Waals surface area contributed by atoms with Gasteiger partial charge in [-0.1, -0.05) is 15.7 Å². The first kappa shape index (κ1) is 15.1. The highest BCUT2D eigenvalue weighted by molar-refractivity contribution is 7.89. The van der Waals surface area contributed by atoms with Crippen LogP contribution >= 0.6 is 11.6 Å². The van der Waals surface area contributed by atoms with Gasteiger partial charge in [0.2, 0.25) is 0 Å². The number of benzene rings is 1. The standard InChI is InChI=1S/C13H11ClN6O3S/c14-9-3-1-8(2-4-9)11-18-20(13(21)19(11)10-5-6-10)24(22,23)12-15-7-16-17-12/h1-4,7,10H,5-6H2,(H,15,16,17). The van der Waals surface area contributed by atoms with Gasteiger partial charge in [0.05, 0.1) is 0 Å². The first-order valence-corrected chi connectivity index (χ1v) is 8.89. The molecule has 4 rings (SSSR count). The van der Waals surface area contributed by atoms with Gasteiger partial charge < -0.3 is 0 Å². The maximum atomic E-state index is 12.6. The van der Waals surface area contributed by atoms with E-state index in [2.05, 4.69) is 20.3 Å². The zero-order valence-electron chi connectivity index (χ0n) is 12.1. The van der Waals surface area contributed by atoms with Crippen LogP contribution in [0.25, 0.3) is 11.4 Å². The number of aromatic amines is 1. The molecular weight excluding hydrogens is 356 g/mol. The summed E-state index contributed by atoms with van der Waals surface area (Å²) in [6, 6.07) is 6.63. The third kappa shape index (κ3) is 2.34. The second-order valence-electron chi connectivity index (χ2n) is 5.35. The Morgan fingerprint density at radius 3 is 2.50 bits per heavy atom. The number of aromatic nitrogens is 6. The van der Waals surface area contributed by atoms with Crippen molar-refractivity contribution in [2.24, 2.45) is 0 Å². The minimum atomic E-state index is -4.23. The van der Waals surface area contributed by atoms with Gasteiger partial charge in [-0.25, -0.2) is 14.9 Å². The van der Waals surface area contributed by atoms with Gasteiger partial charge in [0.1, 0.15) is 6.33 Å². The van der Waals surface area contributed by atoms with Crippen LogP contribution in [0.1, 0.15) is 18.9 Å². The molecule has 2 aromatic heterocycles. The summed E-state index contributed by atoms with van der Waals surface area (Å²) in [4.78, 5) is 16.3. The SMILES string of the molecule is O=c1n(S(=O)(=O)c2ncn[nH]2)nc(-c2ccc(Cl)cc2)n1C1CC1. The van der Waals surface area contributed by atoms with Gasteiger partial charge in [-0.05, 0) is 37.1 Å². The summed E-state index contributed by atoms with van der Waals surface area (Å²) in [5, 5.41) is 9.90. The summed E-state index contributed by atoms with van der Waals surface area (Å²) in [6.45, 7) is 0. The lowest BCUT2D eigenvalue weighted by Crippen LogP contribution is -2.30. The highest BCUT2D eigenvalue weighted by atomic mass is 35.5. The number of rotatable bonds is 4. The smallest absolute Gasteiger partial charge is 0.271 e. The number of hydrogen-bond donors (Lipinski definition) is 1. The summed E-state index contributed by atoms with van der Waals surface area (Å²) < 4.78 is 26.9. The summed E-state index contributed by atoms with van der Waals surface area (Å²) in [7, 11) is -4.23. The Morgan fingerprint density at radius 2 is 1.92 bits per heavy atom. The van der Waals surface area contributed by atoms with Crippen LogP contribution in [0.2, 0.25) is 5.02 Å². The normalized spacial score (nSPS) is 14.9. The molecule has 1 fully saturated rings. The molecule has 1 saturated carbocycles. The first-order valence-electron chi connectivity index (χ1n) is 7.07. The number of halogens is 1. The van der Waals surface area contributed by atoms with Crippen molar-refractivity contribution < 1.29 is 8.42 Å². The molecule has 0 atom stereocenters. The predicted molar refractivity (Wildman–Crippen MR) is 84.2 cm³/mol. The van der Waals surface area contributed by atoms with Gasteiger partial charge in [0, 0.05) is 16.6 Å². The van der Waals surface area contributed by atoms with Crippen molar-refractivity contribution in [3.05, 3.63) is 46.1 Å². The molecule has 0 spiro atoms. The lowest BCUT2D eigenvalue weighted by Gasteiger charge is -2.03. The van der Waals surface area contributed by atoms with Crippen molar-refractivity contribution in [3.8, 4) is 11.4 Å². The topological polar surface area (TPSA) is 116 Å². The predicted octanol–water partition coefficient (Wildman–Crippen LogP) is 1.06. The minimum Gasteiger partial charge on any atom is -0.271 e. The van der Waals surface area contributed by atoms with Crippen LogP contribution in [0.3, 0.4) is 0 Å². The number of nitrogens with zero attached hydrogens (tertiary/aromatic N) is 5. The van der Waals surface area contributed by atoms with Gasteiger partial charge in [0.15, 0.2) is 5.82 Å². The molecule has 1 aliphatic rings. The Kier molecular flexibility index (Phi) is 3.32. The summed E-state index contributed by atoms with van der Waals surface area (Å²) >= 11 is 5.88. The van der Waals surface area contributed by atoms with E-state index in [0.29, 0.717) is 14.7 Å². The van der Waals surface area contributed by atoms with E-state index in [9.17, 15) is 13.2 Å². The van der Waals surface area contributed by atoms with E-state index in [-0.39, 0.29) is 11.9 Å². The molecule has 0 bridgehead atoms. The van der Waals surface area contributed by atoms with E-state index < -0.39 is 20.9 Å². The van der Waals surface area contributed by atoms with Crippen molar-refractivity contribution in [2.45, 2.75) is 24.0 Å². The van der Waals surface area contributed by atoms with E-state index in [1.807, 2.05) is 0 Å². The number of H-pyrrole nitrogens is 1. The highest BCUT2D eigenvalue weighted by Gasteiger charge is 2.34. The number of hydrogen-bond acceptors (Lipinski definition) is 6. The number of nitrogens with one attached hydrogen (secondary N) is 1. The van der Waals surface area contributed by atoms with Crippen LogP contribution in [0.4, 0.5) is 0 Å². The molecule has 3 aromatic rings. The fourth-order valence-corrected chi connectivity index (χ4v) is 3.49. The van der Waals surface area contributed by atoms with Crippen molar-refractivity contribution in [3.63, 3.8) is 0 Å². The van der Waals surface area contributed by atoms with Crippen LogP contribution in [0.5, 0.6) is 0 Å². The van der Waals surface area contributed by atoms with Gasteiger partial charge >= 0.3 is 15.7 Å². The van der Waals surface area contributed by atoms with Crippen molar-refractivity contribution in [1.82, 2.24) is 28.9 Å². The molecule has 0 amide bonds. The third-order valence-electron chi connectivity index (χ3n) is 3.66. The molecule has 24 heavy (non-hydrogen) atoms. The Hall–Kier alpha value is -2.46. The summed E-state index contributed by atoms with van der Waals surface area (Å²) in [5.74, 6) is 0.280. The average Bonchev–Trinajstić information content (AvgIpc) is 3.10. The maximum Gasteiger partial charge on any atom is 0.361 e. The van der Waals surface area contributed by atoms with Crippen molar-refractivity contribution >= 4 is 21.6 Å². The molecule has 124 valence electrons. The molecule has 1 aliphatic carbocycles.